The van der Waals surface area contributed by atoms with Crippen LogP contribution in [0.4, 0.5) is 5.69 Å². The average Bonchev–Trinajstić information content (AvgIpc) is 2.39. The van der Waals surface area contributed by atoms with E-state index >= 15 is 0 Å². The van der Waals surface area contributed by atoms with Crippen molar-refractivity contribution in [1.82, 2.24) is 4.90 Å². The van der Waals surface area contributed by atoms with Gasteiger partial charge in [0.25, 0.3) is 0 Å². The van der Waals surface area contributed by atoms with Crippen molar-refractivity contribution in [3.8, 4) is 0 Å². The Hall–Kier alpha value is -1.62. The molecule has 18 heavy (non-hydrogen) atoms. The van der Waals surface area contributed by atoms with Crippen LogP contribution in [0, 0.1) is 0 Å². The summed E-state index contributed by atoms with van der Waals surface area (Å²) in [6.07, 6.45) is 0. The second-order valence-corrected chi connectivity index (χ2v) is 4.81. The summed E-state index contributed by atoms with van der Waals surface area (Å²) in [4.78, 5) is 15.8. The van der Waals surface area contributed by atoms with Crippen LogP contribution >= 0.6 is 12.2 Å². The molecule has 0 aliphatic carbocycles. The van der Waals surface area contributed by atoms with E-state index < -0.39 is 0 Å². The van der Waals surface area contributed by atoms with Gasteiger partial charge in [-0.05, 0) is 12.1 Å². The summed E-state index contributed by atoms with van der Waals surface area (Å²) in [7, 11) is 0. The average molecular weight is 263 g/mol. The minimum absolute atomic E-state index is 0.136. The Balaban J connectivity index is 2.15. The van der Waals surface area contributed by atoms with Crippen molar-refractivity contribution in [3.63, 3.8) is 0 Å². The van der Waals surface area contributed by atoms with Crippen LogP contribution < -0.4 is 10.6 Å². The molecule has 0 saturated carbocycles. The van der Waals surface area contributed by atoms with E-state index in [1.807, 2.05) is 29.2 Å². The van der Waals surface area contributed by atoms with Crippen molar-refractivity contribution in [3.05, 3.63) is 29.8 Å². The lowest BCUT2D eigenvalue weighted by Crippen LogP contribution is -2.48. The van der Waals surface area contributed by atoms with Gasteiger partial charge in [0.05, 0.1) is 0 Å². The smallest absolute Gasteiger partial charge is 0.219 e. The number of amides is 1. The number of hydrogen-bond donors (Lipinski definition) is 1. The number of benzene rings is 1. The van der Waals surface area contributed by atoms with E-state index in [9.17, 15) is 4.79 Å². The van der Waals surface area contributed by atoms with E-state index in [1.54, 1.807) is 6.92 Å². The number of para-hydroxylation sites is 1. The van der Waals surface area contributed by atoms with Gasteiger partial charge in [0.15, 0.2) is 0 Å². The molecule has 1 fully saturated rings. The summed E-state index contributed by atoms with van der Waals surface area (Å²) < 4.78 is 0. The molecule has 0 unspecified atom stereocenters. The van der Waals surface area contributed by atoms with E-state index in [2.05, 4.69) is 4.90 Å². The van der Waals surface area contributed by atoms with Gasteiger partial charge in [0.1, 0.15) is 4.99 Å². The molecule has 1 aromatic carbocycles. The number of carbonyl (C=O) groups excluding carboxylic acids is 1. The fourth-order valence-electron chi connectivity index (χ4n) is 2.22. The molecule has 1 aromatic rings. The van der Waals surface area contributed by atoms with E-state index in [4.69, 9.17) is 18.0 Å². The summed E-state index contributed by atoms with van der Waals surface area (Å²) in [6.45, 7) is 4.75. The van der Waals surface area contributed by atoms with Crippen LogP contribution in [0.5, 0.6) is 0 Å². The summed E-state index contributed by atoms with van der Waals surface area (Å²) >= 11 is 5.07. The Kier molecular flexibility index (Phi) is 3.81. The number of anilines is 1. The van der Waals surface area contributed by atoms with Gasteiger partial charge < -0.3 is 15.5 Å². The van der Waals surface area contributed by atoms with Gasteiger partial charge in [0.2, 0.25) is 5.91 Å². The SMILES string of the molecule is CC(=O)N1CCN(c2ccccc2C(N)=S)CC1. The third-order valence-electron chi connectivity index (χ3n) is 3.24. The monoisotopic (exact) mass is 263 g/mol. The molecule has 1 aliphatic heterocycles. The van der Waals surface area contributed by atoms with Gasteiger partial charge in [-0.15, -0.1) is 0 Å². The van der Waals surface area contributed by atoms with Crippen LogP contribution in [0.1, 0.15) is 12.5 Å². The number of nitrogens with two attached hydrogens (primary N) is 1. The summed E-state index contributed by atoms with van der Waals surface area (Å²) in [5, 5.41) is 0. The molecule has 0 radical (unpaired) electrons. The Morgan fingerprint density at radius 2 is 1.83 bits per heavy atom. The molecular weight excluding hydrogens is 246 g/mol. The second kappa shape index (κ2) is 5.35. The summed E-state index contributed by atoms with van der Waals surface area (Å²) in [5.74, 6) is 0.136. The van der Waals surface area contributed by atoms with Gasteiger partial charge in [0, 0.05) is 44.4 Å². The van der Waals surface area contributed by atoms with Crippen LogP contribution in [0.15, 0.2) is 24.3 Å². The van der Waals surface area contributed by atoms with Crippen LogP contribution in [-0.4, -0.2) is 42.0 Å². The summed E-state index contributed by atoms with van der Waals surface area (Å²) in [6, 6.07) is 7.88. The topological polar surface area (TPSA) is 49.6 Å². The zero-order valence-corrected chi connectivity index (χ0v) is 11.2. The molecule has 5 heteroatoms. The molecule has 96 valence electrons. The Labute approximate surface area is 112 Å². The first-order chi connectivity index (χ1) is 8.59. The Morgan fingerprint density at radius 3 is 2.39 bits per heavy atom. The first-order valence-electron chi connectivity index (χ1n) is 5.99. The zero-order chi connectivity index (χ0) is 13.1. The fraction of sp³-hybridized carbons (Fsp3) is 0.385. The van der Waals surface area contributed by atoms with Gasteiger partial charge in [-0.1, -0.05) is 24.4 Å². The highest BCUT2D eigenvalue weighted by molar-refractivity contribution is 7.80. The van der Waals surface area contributed by atoms with Crippen molar-refractivity contribution in [2.75, 3.05) is 31.1 Å². The van der Waals surface area contributed by atoms with Gasteiger partial charge in [-0.3, -0.25) is 4.79 Å². The standard InChI is InChI=1S/C13H17N3OS/c1-10(17)15-6-8-16(9-7-15)12-5-3-2-4-11(12)13(14)18/h2-5H,6-9H2,1H3,(H2,14,18). The number of thiocarbonyl (C=S) groups is 1. The number of nitrogens with zero attached hydrogens (tertiary/aromatic N) is 2. The maximum Gasteiger partial charge on any atom is 0.219 e. The van der Waals surface area contributed by atoms with Gasteiger partial charge in [-0.25, -0.2) is 0 Å². The van der Waals surface area contributed by atoms with Gasteiger partial charge >= 0.3 is 0 Å². The minimum atomic E-state index is 0.136. The van der Waals surface area contributed by atoms with E-state index in [0.717, 1.165) is 37.4 Å². The lowest BCUT2D eigenvalue weighted by Gasteiger charge is -2.36. The molecule has 0 bridgehead atoms. The van der Waals surface area contributed by atoms with Gasteiger partial charge in [-0.2, -0.15) is 0 Å². The first-order valence-corrected chi connectivity index (χ1v) is 6.39. The molecule has 1 saturated heterocycles. The molecule has 1 heterocycles. The normalized spacial score (nSPS) is 15.6. The largest absolute Gasteiger partial charge is 0.389 e. The molecule has 2 N–H and O–H groups in total. The number of hydrogen-bond acceptors (Lipinski definition) is 3. The van der Waals surface area contributed by atoms with Crippen LogP contribution in [0.2, 0.25) is 0 Å². The molecule has 0 aromatic heterocycles. The molecular formula is C13H17N3OS. The lowest BCUT2D eigenvalue weighted by molar-refractivity contribution is -0.129. The third kappa shape index (κ3) is 2.61. The van der Waals surface area contributed by atoms with Crippen molar-refractivity contribution >= 4 is 28.8 Å². The van der Waals surface area contributed by atoms with E-state index in [1.165, 1.54) is 0 Å². The molecule has 1 aliphatic rings. The third-order valence-corrected chi connectivity index (χ3v) is 3.46. The number of carbonyl (C=O) groups is 1. The molecule has 4 nitrogen and oxygen atoms in total. The Morgan fingerprint density at radius 1 is 1.22 bits per heavy atom. The van der Waals surface area contributed by atoms with E-state index in [-0.39, 0.29) is 5.91 Å². The van der Waals surface area contributed by atoms with Crippen molar-refractivity contribution in [1.29, 1.82) is 0 Å². The quantitative estimate of drug-likeness (QED) is 0.808. The van der Waals surface area contributed by atoms with Crippen molar-refractivity contribution < 1.29 is 4.79 Å². The predicted octanol–water partition coefficient (Wildman–Crippen LogP) is 0.989. The minimum Gasteiger partial charge on any atom is -0.389 e. The number of piperazine rings is 1. The van der Waals surface area contributed by atoms with Crippen LogP contribution in [-0.2, 0) is 4.79 Å². The van der Waals surface area contributed by atoms with Crippen LogP contribution in [0.25, 0.3) is 0 Å². The lowest BCUT2D eigenvalue weighted by atomic mass is 10.1. The fourth-order valence-corrected chi connectivity index (χ4v) is 2.39. The molecule has 0 atom stereocenters. The van der Waals surface area contributed by atoms with Crippen molar-refractivity contribution in [2.45, 2.75) is 6.92 Å². The number of rotatable bonds is 2. The molecule has 2 rings (SSSR count). The zero-order valence-electron chi connectivity index (χ0n) is 10.4. The highest BCUT2D eigenvalue weighted by Gasteiger charge is 2.20. The second-order valence-electron chi connectivity index (χ2n) is 4.37. The summed E-state index contributed by atoms with van der Waals surface area (Å²) in [5.41, 5.74) is 7.71. The van der Waals surface area contributed by atoms with Crippen LogP contribution in [0.3, 0.4) is 0 Å². The highest BCUT2D eigenvalue weighted by Crippen LogP contribution is 2.21. The Bertz CT molecular complexity index is 467. The predicted molar refractivity (Wildman–Crippen MR) is 76.8 cm³/mol. The van der Waals surface area contributed by atoms with Crippen molar-refractivity contribution in [2.24, 2.45) is 5.73 Å². The highest BCUT2D eigenvalue weighted by atomic mass is 32.1. The molecule has 0 spiro atoms. The first kappa shape index (κ1) is 12.8. The maximum absolute atomic E-state index is 11.3. The van der Waals surface area contributed by atoms with E-state index in [0.29, 0.717) is 4.99 Å². The maximum atomic E-state index is 11.3. The molecule has 1 amide bonds.